The summed E-state index contributed by atoms with van der Waals surface area (Å²) in [6.45, 7) is 4.64. The lowest BCUT2D eigenvalue weighted by Crippen LogP contribution is -2.29. The van der Waals surface area contributed by atoms with Gasteiger partial charge >= 0.3 is 0 Å². The number of carbonyl (C=O) groups is 1. The van der Waals surface area contributed by atoms with E-state index < -0.39 is 5.91 Å². The van der Waals surface area contributed by atoms with Crippen molar-refractivity contribution >= 4 is 39.7 Å². The summed E-state index contributed by atoms with van der Waals surface area (Å²) in [7, 11) is 0. The predicted octanol–water partition coefficient (Wildman–Crippen LogP) is 4.49. The molecule has 2 aromatic heterocycles. The molecular weight excluding hydrogens is 408 g/mol. The van der Waals surface area contributed by atoms with Crippen molar-refractivity contribution in [2.75, 3.05) is 13.2 Å². The van der Waals surface area contributed by atoms with Crippen molar-refractivity contribution < 1.29 is 14.3 Å². The van der Waals surface area contributed by atoms with E-state index in [1.807, 2.05) is 13.8 Å². The van der Waals surface area contributed by atoms with Gasteiger partial charge in [0.2, 0.25) is 0 Å². The topological polar surface area (TPSA) is 73.3 Å². The fourth-order valence-corrected chi connectivity index (χ4v) is 5.36. The lowest BCUT2D eigenvalue weighted by Gasteiger charge is -2.12. The van der Waals surface area contributed by atoms with E-state index in [-0.39, 0.29) is 10.3 Å². The molecular formula is C21H22N2O4S2. The van der Waals surface area contributed by atoms with E-state index in [0.717, 1.165) is 40.6 Å². The Labute approximate surface area is 177 Å². The summed E-state index contributed by atoms with van der Waals surface area (Å²) in [4.78, 5) is 31.7. The molecule has 1 aliphatic carbocycles. The molecule has 6 nitrogen and oxygen atoms in total. The summed E-state index contributed by atoms with van der Waals surface area (Å²) in [6, 6.07) is 4.96. The minimum absolute atomic E-state index is 0.103. The molecule has 0 spiro atoms. The van der Waals surface area contributed by atoms with Crippen molar-refractivity contribution in [1.29, 1.82) is 0 Å². The number of H-pyrrole nitrogens is 1. The smallest absolute Gasteiger partial charge is 0.270 e. The van der Waals surface area contributed by atoms with E-state index in [2.05, 4.69) is 4.98 Å². The molecule has 0 atom stereocenters. The third kappa shape index (κ3) is 3.62. The second kappa shape index (κ2) is 8.12. The van der Waals surface area contributed by atoms with Gasteiger partial charge < -0.3 is 14.5 Å². The molecule has 152 valence electrons. The van der Waals surface area contributed by atoms with E-state index in [9.17, 15) is 9.59 Å². The standard InChI is InChI=1S/C21H22N2O4S2/c1-3-26-13-9-12(10-14(11-13)27-4-2)19(24)23-20(25)17-15-7-5-6-8-16(15)29-18(17)22-21(23)28/h9-11H,3-8H2,1-2H3,(H,22,28). The van der Waals surface area contributed by atoms with Gasteiger partial charge in [0.1, 0.15) is 16.3 Å². The highest BCUT2D eigenvalue weighted by Crippen LogP contribution is 2.33. The third-order valence-corrected chi connectivity index (χ3v) is 6.46. The van der Waals surface area contributed by atoms with Gasteiger partial charge in [0.15, 0.2) is 4.77 Å². The van der Waals surface area contributed by atoms with Crippen LogP contribution in [0.5, 0.6) is 11.5 Å². The van der Waals surface area contributed by atoms with Gasteiger partial charge in [0.25, 0.3) is 11.5 Å². The molecule has 0 aliphatic heterocycles. The van der Waals surface area contributed by atoms with Gasteiger partial charge in [0, 0.05) is 16.5 Å². The summed E-state index contributed by atoms with van der Waals surface area (Å²) in [5, 5.41) is 0.595. The van der Waals surface area contributed by atoms with Gasteiger partial charge in [-0.1, -0.05) is 0 Å². The van der Waals surface area contributed by atoms with Gasteiger partial charge in [-0.3, -0.25) is 9.59 Å². The van der Waals surface area contributed by atoms with Crippen molar-refractivity contribution in [3.05, 3.63) is 49.3 Å². The summed E-state index contributed by atoms with van der Waals surface area (Å²) in [5.41, 5.74) is 1.00. The highest BCUT2D eigenvalue weighted by molar-refractivity contribution is 7.71. The Morgan fingerprint density at radius 1 is 1.14 bits per heavy atom. The summed E-state index contributed by atoms with van der Waals surface area (Å²) >= 11 is 6.96. The Hall–Kier alpha value is -2.45. The van der Waals surface area contributed by atoms with Crippen LogP contribution in [-0.4, -0.2) is 28.7 Å². The number of fused-ring (bicyclic) bond motifs is 3. The number of benzene rings is 1. The molecule has 1 aromatic carbocycles. The number of aryl methyl sites for hydroxylation is 2. The molecule has 0 amide bonds. The first-order valence-corrected chi connectivity index (χ1v) is 11.0. The van der Waals surface area contributed by atoms with Crippen LogP contribution >= 0.6 is 23.6 Å². The maximum absolute atomic E-state index is 13.3. The number of ether oxygens (including phenoxy) is 2. The van der Waals surface area contributed by atoms with Crippen LogP contribution in [0.15, 0.2) is 23.0 Å². The minimum atomic E-state index is -0.489. The number of hydrogen-bond donors (Lipinski definition) is 1. The number of thiophene rings is 1. The largest absolute Gasteiger partial charge is 0.494 e. The summed E-state index contributed by atoms with van der Waals surface area (Å²) in [6.07, 6.45) is 4.00. The average molecular weight is 431 g/mol. The van der Waals surface area contributed by atoms with Crippen LogP contribution in [0.1, 0.15) is 47.5 Å². The minimum Gasteiger partial charge on any atom is -0.494 e. The van der Waals surface area contributed by atoms with Crippen LogP contribution in [0.25, 0.3) is 10.2 Å². The molecule has 1 N–H and O–H groups in total. The molecule has 1 aliphatic rings. The van der Waals surface area contributed by atoms with Gasteiger partial charge in [-0.15, -0.1) is 11.3 Å². The second-order valence-corrected chi connectivity index (χ2v) is 8.34. The highest BCUT2D eigenvalue weighted by atomic mass is 32.1. The van der Waals surface area contributed by atoms with Crippen LogP contribution in [-0.2, 0) is 12.8 Å². The van der Waals surface area contributed by atoms with Crippen LogP contribution < -0.4 is 15.0 Å². The number of nitrogens with one attached hydrogen (secondary N) is 1. The van der Waals surface area contributed by atoms with Crippen molar-refractivity contribution in [1.82, 2.24) is 9.55 Å². The number of aromatic amines is 1. The van der Waals surface area contributed by atoms with Gasteiger partial charge in [0.05, 0.1) is 18.6 Å². The maximum Gasteiger partial charge on any atom is 0.270 e. The maximum atomic E-state index is 13.3. The van der Waals surface area contributed by atoms with Crippen molar-refractivity contribution in [2.24, 2.45) is 0 Å². The van der Waals surface area contributed by atoms with E-state index in [4.69, 9.17) is 21.7 Å². The zero-order chi connectivity index (χ0) is 20.5. The fourth-order valence-electron chi connectivity index (χ4n) is 3.75. The van der Waals surface area contributed by atoms with Crippen LogP contribution in [0, 0.1) is 4.77 Å². The first-order chi connectivity index (χ1) is 14.0. The molecule has 2 heterocycles. The number of rotatable bonds is 5. The summed E-state index contributed by atoms with van der Waals surface area (Å²) in [5.74, 6) is 0.536. The Morgan fingerprint density at radius 2 is 1.79 bits per heavy atom. The Bertz CT molecular complexity index is 1180. The van der Waals surface area contributed by atoms with E-state index in [1.165, 1.54) is 4.88 Å². The van der Waals surface area contributed by atoms with Gasteiger partial charge in [-0.2, -0.15) is 0 Å². The molecule has 0 fully saturated rings. The molecule has 8 heteroatoms. The first kappa shape index (κ1) is 19.8. The lowest BCUT2D eigenvalue weighted by molar-refractivity contribution is 0.0952. The average Bonchev–Trinajstić information content (AvgIpc) is 3.06. The molecule has 0 unspecified atom stereocenters. The number of nitrogens with zero attached hydrogens (tertiary/aromatic N) is 1. The Kier molecular flexibility index (Phi) is 5.56. The Balaban J connectivity index is 1.87. The monoisotopic (exact) mass is 430 g/mol. The molecule has 0 saturated heterocycles. The van der Waals surface area contributed by atoms with Crippen molar-refractivity contribution in [2.45, 2.75) is 39.5 Å². The predicted molar refractivity (Wildman–Crippen MR) is 116 cm³/mol. The van der Waals surface area contributed by atoms with Crippen LogP contribution in [0.3, 0.4) is 0 Å². The van der Waals surface area contributed by atoms with E-state index in [1.54, 1.807) is 29.5 Å². The van der Waals surface area contributed by atoms with Crippen molar-refractivity contribution in [3.8, 4) is 11.5 Å². The van der Waals surface area contributed by atoms with Crippen LogP contribution in [0.2, 0.25) is 0 Å². The molecule has 0 radical (unpaired) electrons. The Morgan fingerprint density at radius 3 is 2.45 bits per heavy atom. The number of carbonyl (C=O) groups excluding carboxylic acids is 1. The normalized spacial score (nSPS) is 13.3. The summed E-state index contributed by atoms with van der Waals surface area (Å²) < 4.78 is 12.3. The van der Waals surface area contributed by atoms with E-state index in [0.29, 0.717) is 35.7 Å². The van der Waals surface area contributed by atoms with Gasteiger partial charge in [-0.25, -0.2) is 4.57 Å². The zero-order valence-electron chi connectivity index (χ0n) is 16.4. The molecule has 3 aromatic rings. The molecule has 0 saturated carbocycles. The fraction of sp³-hybridized carbons (Fsp3) is 0.381. The zero-order valence-corrected chi connectivity index (χ0v) is 18.0. The molecule has 4 rings (SSSR count). The number of hydrogen-bond acceptors (Lipinski definition) is 6. The third-order valence-electron chi connectivity index (χ3n) is 4.96. The van der Waals surface area contributed by atoms with Gasteiger partial charge in [-0.05, 0) is 69.4 Å². The quantitative estimate of drug-likeness (QED) is 0.604. The highest BCUT2D eigenvalue weighted by Gasteiger charge is 2.23. The SMILES string of the molecule is CCOc1cc(OCC)cc(C(=O)n2c(=S)[nH]c3sc4c(c3c2=O)CCCC4)c1. The van der Waals surface area contributed by atoms with E-state index >= 15 is 0 Å². The number of aromatic nitrogens is 2. The molecule has 29 heavy (non-hydrogen) atoms. The van der Waals surface area contributed by atoms with Crippen molar-refractivity contribution in [3.63, 3.8) is 0 Å². The lowest BCUT2D eigenvalue weighted by atomic mass is 9.97. The second-order valence-electron chi connectivity index (χ2n) is 6.85. The van der Waals surface area contributed by atoms with Crippen LogP contribution in [0.4, 0.5) is 0 Å². The molecule has 0 bridgehead atoms. The first-order valence-electron chi connectivity index (χ1n) is 9.78.